The van der Waals surface area contributed by atoms with E-state index in [1.54, 1.807) is 24.5 Å². The van der Waals surface area contributed by atoms with Crippen molar-refractivity contribution in [3.63, 3.8) is 0 Å². The van der Waals surface area contributed by atoms with Crippen molar-refractivity contribution in [1.82, 2.24) is 15.3 Å². The number of fused-ring (bicyclic) bond motifs is 1. The third-order valence-corrected chi connectivity index (χ3v) is 4.40. The molecule has 2 N–H and O–H groups in total. The lowest BCUT2D eigenvalue weighted by Gasteiger charge is -2.09. The van der Waals surface area contributed by atoms with Crippen molar-refractivity contribution in [3.05, 3.63) is 84.6 Å². The Hall–Kier alpha value is -2.60. The highest BCUT2D eigenvalue weighted by Crippen LogP contribution is 2.24. The van der Waals surface area contributed by atoms with Crippen molar-refractivity contribution in [1.29, 1.82) is 0 Å². The predicted octanol–water partition coefficient (Wildman–Crippen LogP) is 5.38. The van der Waals surface area contributed by atoms with E-state index in [0.29, 0.717) is 25.3 Å². The van der Waals surface area contributed by atoms with E-state index in [4.69, 9.17) is 4.74 Å². The number of hydrogen-bond donors (Lipinski definition) is 2. The number of hydrogen-bond acceptors (Lipinski definition) is 3. The molecule has 0 atom stereocenters. The zero-order chi connectivity index (χ0) is 18.5. The average Bonchev–Trinajstić information content (AvgIpc) is 3.18. The van der Waals surface area contributed by atoms with Crippen LogP contribution < -0.4 is 10.1 Å². The minimum atomic E-state index is -0.239. The Labute approximate surface area is 181 Å². The molecule has 0 saturated carbocycles. The molecule has 7 heteroatoms. The molecule has 0 saturated heterocycles. The van der Waals surface area contributed by atoms with Crippen LogP contribution in [0.3, 0.4) is 0 Å². The molecular formula is C22H22Cl2FN3O. The van der Waals surface area contributed by atoms with Crippen molar-refractivity contribution >= 4 is 35.7 Å². The minimum absolute atomic E-state index is 0. The van der Waals surface area contributed by atoms with Crippen molar-refractivity contribution in [3.8, 4) is 16.9 Å². The van der Waals surface area contributed by atoms with Gasteiger partial charge in [-0.1, -0.05) is 24.3 Å². The summed E-state index contributed by atoms with van der Waals surface area (Å²) in [5, 5.41) is 4.42. The first-order valence-electron chi connectivity index (χ1n) is 8.90. The molecule has 29 heavy (non-hydrogen) atoms. The second-order valence-electron chi connectivity index (χ2n) is 6.28. The van der Waals surface area contributed by atoms with E-state index in [1.807, 2.05) is 42.6 Å². The van der Waals surface area contributed by atoms with E-state index >= 15 is 0 Å². The molecule has 2 aromatic heterocycles. The lowest BCUT2D eigenvalue weighted by atomic mass is 10.1. The van der Waals surface area contributed by atoms with Crippen LogP contribution in [0.2, 0.25) is 0 Å². The van der Waals surface area contributed by atoms with E-state index < -0.39 is 0 Å². The van der Waals surface area contributed by atoms with Gasteiger partial charge in [-0.25, -0.2) is 4.39 Å². The summed E-state index contributed by atoms with van der Waals surface area (Å²) in [6, 6.07) is 16.7. The van der Waals surface area contributed by atoms with Crippen LogP contribution in [0.25, 0.3) is 22.0 Å². The highest BCUT2D eigenvalue weighted by Gasteiger charge is 2.06. The summed E-state index contributed by atoms with van der Waals surface area (Å²) in [7, 11) is 0. The van der Waals surface area contributed by atoms with Gasteiger partial charge in [0.2, 0.25) is 0 Å². The Morgan fingerprint density at radius 2 is 1.86 bits per heavy atom. The number of nitrogens with zero attached hydrogens (tertiary/aromatic N) is 1. The van der Waals surface area contributed by atoms with Crippen LogP contribution >= 0.6 is 24.8 Å². The van der Waals surface area contributed by atoms with Crippen molar-refractivity contribution in [2.75, 3.05) is 13.2 Å². The fourth-order valence-corrected chi connectivity index (χ4v) is 3.08. The fraction of sp³-hybridized carbons (Fsp3) is 0.136. The summed E-state index contributed by atoms with van der Waals surface area (Å²) in [6.45, 7) is 1.91. The monoisotopic (exact) mass is 433 g/mol. The van der Waals surface area contributed by atoms with Crippen molar-refractivity contribution in [2.45, 2.75) is 6.54 Å². The summed E-state index contributed by atoms with van der Waals surface area (Å²) in [6.07, 6.45) is 5.38. The Morgan fingerprint density at radius 1 is 1.00 bits per heavy atom. The lowest BCUT2D eigenvalue weighted by Crippen LogP contribution is -2.20. The van der Waals surface area contributed by atoms with Gasteiger partial charge in [-0.15, -0.1) is 24.8 Å². The molecule has 0 bridgehead atoms. The van der Waals surface area contributed by atoms with Gasteiger partial charge < -0.3 is 15.0 Å². The molecule has 0 radical (unpaired) electrons. The first kappa shape index (κ1) is 22.7. The highest BCUT2D eigenvalue weighted by molar-refractivity contribution is 5.86. The maximum Gasteiger partial charge on any atom is 0.131 e. The van der Waals surface area contributed by atoms with Crippen LogP contribution in [0.5, 0.6) is 5.75 Å². The molecule has 4 aromatic rings. The predicted molar refractivity (Wildman–Crippen MR) is 120 cm³/mol. The number of rotatable bonds is 7. The molecule has 0 aliphatic carbocycles. The number of halogens is 3. The van der Waals surface area contributed by atoms with Gasteiger partial charge in [0.25, 0.3) is 0 Å². The van der Waals surface area contributed by atoms with Crippen LogP contribution in [0.1, 0.15) is 5.56 Å². The third-order valence-electron chi connectivity index (χ3n) is 4.40. The van der Waals surface area contributed by atoms with Crippen LogP contribution in [0, 0.1) is 5.82 Å². The molecule has 2 aromatic carbocycles. The van der Waals surface area contributed by atoms with Crippen LogP contribution in [0.4, 0.5) is 4.39 Å². The third kappa shape index (κ3) is 5.48. The Morgan fingerprint density at radius 3 is 2.72 bits per heavy atom. The quantitative estimate of drug-likeness (QED) is 0.384. The number of aromatic amines is 1. The van der Waals surface area contributed by atoms with Crippen LogP contribution in [-0.4, -0.2) is 23.1 Å². The van der Waals surface area contributed by atoms with E-state index in [0.717, 1.165) is 27.8 Å². The molecule has 0 aliphatic rings. The summed E-state index contributed by atoms with van der Waals surface area (Å²) < 4.78 is 19.8. The average molecular weight is 434 g/mol. The van der Waals surface area contributed by atoms with E-state index in [9.17, 15) is 4.39 Å². The summed E-state index contributed by atoms with van der Waals surface area (Å²) >= 11 is 0. The molecule has 0 aliphatic heterocycles. The number of benzene rings is 2. The number of nitrogens with one attached hydrogen (secondary N) is 2. The first-order chi connectivity index (χ1) is 13.3. The topological polar surface area (TPSA) is 49.9 Å². The Balaban J connectivity index is 0.00000150. The number of H-pyrrole nitrogens is 1. The largest absolute Gasteiger partial charge is 0.492 e. The number of pyridine rings is 1. The molecule has 2 heterocycles. The van der Waals surface area contributed by atoms with Gasteiger partial charge in [-0.3, -0.25) is 4.98 Å². The minimum Gasteiger partial charge on any atom is -0.492 e. The smallest absolute Gasteiger partial charge is 0.131 e. The molecule has 0 spiro atoms. The molecule has 152 valence electrons. The molecular weight excluding hydrogens is 412 g/mol. The highest BCUT2D eigenvalue weighted by atomic mass is 35.5. The second kappa shape index (κ2) is 10.8. The van der Waals surface area contributed by atoms with Gasteiger partial charge in [-0.2, -0.15) is 0 Å². The molecule has 0 amide bonds. The number of aromatic nitrogens is 2. The van der Waals surface area contributed by atoms with Crippen molar-refractivity contribution in [2.24, 2.45) is 0 Å². The Kier molecular flexibility index (Phi) is 8.46. The Bertz CT molecular complexity index is 1050. The first-order valence-corrected chi connectivity index (χ1v) is 8.90. The van der Waals surface area contributed by atoms with E-state index in [2.05, 4.69) is 15.3 Å². The lowest BCUT2D eigenvalue weighted by molar-refractivity contribution is 0.317. The van der Waals surface area contributed by atoms with Gasteiger partial charge in [0.15, 0.2) is 0 Å². The summed E-state index contributed by atoms with van der Waals surface area (Å²) in [5.74, 6) is 0.635. The van der Waals surface area contributed by atoms with Gasteiger partial charge in [-0.05, 0) is 35.9 Å². The number of ether oxygens (including phenoxy) is 1. The zero-order valence-corrected chi connectivity index (χ0v) is 17.2. The summed E-state index contributed by atoms with van der Waals surface area (Å²) in [4.78, 5) is 7.41. The second-order valence-corrected chi connectivity index (χ2v) is 6.28. The maximum absolute atomic E-state index is 13.9. The normalized spacial score (nSPS) is 10.2. The van der Waals surface area contributed by atoms with E-state index in [-0.39, 0.29) is 30.6 Å². The van der Waals surface area contributed by atoms with Crippen LogP contribution in [-0.2, 0) is 6.54 Å². The van der Waals surface area contributed by atoms with Gasteiger partial charge in [0, 0.05) is 53.7 Å². The van der Waals surface area contributed by atoms with E-state index in [1.165, 1.54) is 6.07 Å². The standard InChI is InChI=1S/C22H20FN3O.2ClH/c23-20-5-2-1-4-18(20)17-12-16(14-25-15-17)13-24-10-11-27-22-7-3-6-21-19(22)8-9-26-21;;/h1-9,12,14-15,24,26H,10-11,13H2;2*1H. The fourth-order valence-electron chi connectivity index (χ4n) is 3.08. The maximum atomic E-state index is 13.9. The molecule has 0 fully saturated rings. The van der Waals surface area contributed by atoms with Crippen LogP contribution in [0.15, 0.2) is 73.2 Å². The molecule has 4 nitrogen and oxygen atoms in total. The molecule has 4 rings (SSSR count). The van der Waals surface area contributed by atoms with Crippen molar-refractivity contribution < 1.29 is 9.13 Å². The zero-order valence-electron chi connectivity index (χ0n) is 15.6. The van der Waals surface area contributed by atoms with Gasteiger partial charge in [0.1, 0.15) is 18.2 Å². The van der Waals surface area contributed by atoms with Gasteiger partial charge >= 0.3 is 0 Å². The summed E-state index contributed by atoms with van der Waals surface area (Å²) in [5.41, 5.74) is 3.41. The molecule has 0 unspecified atom stereocenters. The SMILES string of the molecule is Cl.Cl.Fc1ccccc1-c1cncc(CNCCOc2cccc3[nH]ccc23)c1. The van der Waals surface area contributed by atoms with Gasteiger partial charge in [0.05, 0.1) is 0 Å².